The second-order valence-electron chi connectivity index (χ2n) is 7.18. The average Bonchev–Trinajstić information content (AvgIpc) is 2.97. The van der Waals surface area contributed by atoms with Crippen LogP contribution in [0.1, 0.15) is 25.0 Å². The fourth-order valence-electron chi connectivity index (χ4n) is 3.07. The Morgan fingerprint density at radius 2 is 1.96 bits per heavy atom. The molecule has 6 heteroatoms. The van der Waals surface area contributed by atoms with Crippen LogP contribution < -0.4 is 14.8 Å². The second kappa shape index (κ2) is 7.88. The van der Waals surface area contributed by atoms with Crippen molar-refractivity contribution in [1.82, 2.24) is 5.06 Å². The first-order valence-corrected chi connectivity index (χ1v) is 8.99. The van der Waals surface area contributed by atoms with E-state index in [4.69, 9.17) is 14.3 Å². The summed E-state index contributed by atoms with van der Waals surface area (Å²) >= 11 is 0. The van der Waals surface area contributed by atoms with Gasteiger partial charge in [0.25, 0.3) is 0 Å². The van der Waals surface area contributed by atoms with Crippen LogP contribution >= 0.6 is 0 Å². The zero-order valence-electron chi connectivity index (χ0n) is 16.2. The highest BCUT2D eigenvalue weighted by Crippen LogP contribution is 2.37. The molecule has 1 aliphatic heterocycles. The number of hydrogen-bond acceptors (Lipinski definition) is 4. The van der Waals surface area contributed by atoms with Gasteiger partial charge in [0, 0.05) is 25.6 Å². The number of urea groups is 1. The number of anilines is 1. The van der Waals surface area contributed by atoms with E-state index >= 15 is 0 Å². The highest BCUT2D eigenvalue weighted by molar-refractivity contribution is 5.88. The number of nitrogens with zero attached hydrogens (tertiary/aromatic N) is 1. The number of para-hydroxylation sites is 1. The molecular weight excluding hydrogens is 344 g/mol. The molecule has 0 bridgehead atoms. The molecule has 0 saturated heterocycles. The SMILES string of the molecule is CON(C)C(=O)Nc1ccc(OCCc2cccc3c2OC(C)(C)C3)cc1. The van der Waals surface area contributed by atoms with Gasteiger partial charge in [-0.05, 0) is 49.2 Å². The smallest absolute Gasteiger partial charge is 0.345 e. The van der Waals surface area contributed by atoms with Crippen LogP contribution in [0.3, 0.4) is 0 Å². The topological polar surface area (TPSA) is 60.0 Å². The maximum Gasteiger partial charge on any atom is 0.345 e. The minimum Gasteiger partial charge on any atom is -0.493 e. The normalized spacial score (nSPS) is 14.2. The molecule has 2 amide bonds. The lowest BCUT2D eigenvalue weighted by atomic mass is 10.00. The van der Waals surface area contributed by atoms with E-state index in [2.05, 4.69) is 37.4 Å². The summed E-state index contributed by atoms with van der Waals surface area (Å²) in [5, 5.41) is 3.84. The summed E-state index contributed by atoms with van der Waals surface area (Å²) < 4.78 is 11.9. The third-order valence-electron chi connectivity index (χ3n) is 4.48. The Morgan fingerprint density at radius 1 is 1.22 bits per heavy atom. The van der Waals surface area contributed by atoms with E-state index in [9.17, 15) is 4.79 Å². The Bertz CT molecular complexity index is 802. The van der Waals surface area contributed by atoms with Crippen LogP contribution in [0, 0.1) is 0 Å². The molecule has 0 unspecified atom stereocenters. The van der Waals surface area contributed by atoms with Gasteiger partial charge in [-0.15, -0.1) is 0 Å². The fraction of sp³-hybridized carbons (Fsp3) is 0.381. The van der Waals surface area contributed by atoms with Gasteiger partial charge in [0.05, 0.1) is 13.7 Å². The largest absolute Gasteiger partial charge is 0.493 e. The van der Waals surface area contributed by atoms with Crippen LogP contribution in [0.5, 0.6) is 11.5 Å². The van der Waals surface area contributed by atoms with Crippen LogP contribution in [-0.2, 0) is 17.7 Å². The Hall–Kier alpha value is -2.73. The molecule has 0 aliphatic carbocycles. The number of carbonyl (C=O) groups is 1. The van der Waals surface area contributed by atoms with Gasteiger partial charge in [0.15, 0.2) is 0 Å². The van der Waals surface area contributed by atoms with Gasteiger partial charge in [-0.2, -0.15) is 0 Å². The molecule has 2 aromatic carbocycles. The Labute approximate surface area is 160 Å². The summed E-state index contributed by atoms with van der Waals surface area (Å²) in [6, 6.07) is 13.2. The van der Waals surface area contributed by atoms with Crippen molar-refractivity contribution in [1.29, 1.82) is 0 Å². The van der Waals surface area contributed by atoms with Crippen molar-refractivity contribution < 1.29 is 19.1 Å². The van der Waals surface area contributed by atoms with E-state index in [1.807, 2.05) is 12.1 Å². The van der Waals surface area contributed by atoms with Crippen molar-refractivity contribution >= 4 is 11.7 Å². The van der Waals surface area contributed by atoms with Crippen LogP contribution in [0.2, 0.25) is 0 Å². The second-order valence-corrected chi connectivity index (χ2v) is 7.18. The van der Waals surface area contributed by atoms with Crippen molar-refractivity contribution in [2.45, 2.75) is 32.3 Å². The maximum absolute atomic E-state index is 11.7. The van der Waals surface area contributed by atoms with Gasteiger partial charge in [-0.3, -0.25) is 4.84 Å². The Kier molecular flexibility index (Phi) is 5.56. The Balaban J connectivity index is 1.53. The highest BCUT2D eigenvalue weighted by atomic mass is 16.7. The van der Waals surface area contributed by atoms with E-state index in [0.717, 1.165) is 29.4 Å². The fourth-order valence-corrected chi connectivity index (χ4v) is 3.07. The first-order chi connectivity index (χ1) is 12.9. The van der Waals surface area contributed by atoms with Gasteiger partial charge in [0.1, 0.15) is 17.1 Å². The molecular formula is C21H26N2O4. The molecule has 1 heterocycles. The van der Waals surface area contributed by atoms with Crippen LogP contribution in [-0.4, -0.2) is 37.5 Å². The van der Waals surface area contributed by atoms with Gasteiger partial charge >= 0.3 is 6.03 Å². The molecule has 0 aromatic heterocycles. The van der Waals surface area contributed by atoms with Crippen LogP contribution in [0.15, 0.2) is 42.5 Å². The molecule has 27 heavy (non-hydrogen) atoms. The molecule has 1 N–H and O–H groups in total. The molecule has 0 saturated carbocycles. The van der Waals surface area contributed by atoms with Crippen molar-refractivity contribution in [2.75, 3.05) is 26.1 Å². The first kappa shape index (κ1) is 19.0. The first-order valence-electron chi connectivity index (χ1n) is 8.99. The average molecular weight is 370 g/mol. The number of fused-ring (bicyclic) bond motifs is 1. The van der Waals surface area contributed by atoms with Gasteiger partial charge in [-0.25, -0.2) is 9.86 Å². The van der Waals surface area contributed by atoms with E-state index in [1.165, 1.54) is 25.3 Å². The Morgan fingerprint density at radius 3 is 2.67 bits per heavy atom. The summed E-state index contributed by atoms with van der Waals surface area (Å²) in [6.45, 7) is 4.77. The maximum atomic E-state index is 11.7. The number of rotatable bonds is 6. The molecule has 0 atom stereocenters. The van der Waals surface area contributed by atoms with Crippen molar-refractivity contribution in [3.63, 3.8) is 0 Å². The number of ether oxygens (including phenoxy) is 2. The molecule has 2 aromatic rings. The van der Waals surface area contributed by atoms with E-state index in [0.29, 0.717) is 12.3 Å². The number of hydroxylamine groups is 2. The lowest BCUT2D eigenvalue weighted by molar-refractivity contribution is -0.0598. The summed E-state index contributed by atoms with van der Waals surface area (Å²) in [4.78, 5) is 16.6. The molecule has 0 spiro atoms. The minimum atomic E-state index is -0.341. The van der Waals surface area contributed by atoms with Crippen LogP contribution in [0.25, 0.3) is 0 Å². The van der Waals surface area contributed by atoms with Crippen LogP contribution in [0.4, 0.5) is 10.5 Å². The monoisotopic (exact) mass is 370 g/mol. The minimum absolute atomic E-state index is 0.142. The van der Waals surface area contributed by atoms with E-state index < -0.39 is 0 Å². The number of hydrogen-bond donors (Lipinski definition) is 1. The number of nitrogens with one attached hydrogen (secondary N) is 1. The third kappa shape index (κ3) is 4.71. The lowest BCUT2D eigenvalue weighted by Crippen LogP contribution is -2.30. The zero-order chi connectivity index (χ0) is 19.4. The molecule has 144 valence electrons. The number of benzene rings is 2. The summed E-state index contributed by atoms with van der Waals surface area (Å²) in [5.74, 6) is 1.76. The van der Waals surface area contributed by atoms with Crippen molar-refractivity contribution in [3.8, 4) is 11.5 Å². The summed E-state index contributed by atoms with van der Waals surface area (Å²) in [5.41, 5.74) is 2.96. The standard InChI is InChI=1S/C21H26N2O4/c1-21(2)14-16-7-5-6-15(19(16)27-21)12-13-26-18-10-8-17(9-11-18)22-20(24)23(3)25-4/h5-11H,12-14H2,1-4H3,(H,22,24). The van der Waals surface area contributed by atoms with Gasteiger partial charge in [-0.1, -0.05) is 18.2 Å². The third-order valence-corrected chi connectivity index (χ3v) is 4.48. The van der Waals surface area contributed by atoms with Gasteiger partial charge < -0.3 is 14.8 Å². The lowest BCUT2D eigenvalue weighted by Gasteiger charge is -2.18. The van der Waals surface area contributed by atoms with E-state index in [1.54, 1.807) is 12.1 Å². The number of carbonyl (C=O) groups excluding carboxylic acids is 1. The van der Waals surface area contributed by atoms with Crippen molar-refractivity contribution in [2.24, 2.45) is 0 Å². The summed E-state index contributed by atoms with van der Waals surface area (Å²) in [6.07, 6.45) is 1.71. The molecule has 0 fully saturated rings. The van der Waals surface area contributed by atoms with Crippen molar-refractivity contribution in [3.05, 3.63) is 53.6 Å². The quantitative estimate of drug-likeness (QED) is 0.780. The predicted octanol–water partition coefficient (Wildman–Crippen LogP) is 4.05. The molecule has 0 radical (unpaired) electrons. The molecule has 3 rings (SSSR count). The van der Waals surface area contributed by atoms with E-state index in [-0.39, 0.29) is 11.6 Å². The predicted molar refractivity (Wildman–Crippen MR) is 104 cm³/mol. The molecule has 6 nitrogen and oxygen atoms in total. The highest BCUT2D eigenvalue weighted by Gasteiger charge is 2.31. The summed E-state index contributed by atoms with van der Waals surface area (Å²) in [7, 11) is 2.97. The van der Waals surface area contributed by atoms with Gasteiger partial charge in [0.2, 0.25) is 0 Å². The number of amides is 2. The zero-order valence-corrected chi connectivity index (χ0v) is 16.2. The molecule has 1 aliphatic rings.